The van der Waals surface area contributed by atoms with E-state index >= 15 is 0 Å². The first-order valence-corrected chi connectivity index (χ1v) is 5.08. The van der Waals surface area contributed by atoms with Crippen LogP contribution in [-0.4, -0.2) is 19.4 Å². The van der Waals surface area contributed by atoms with E-state index in [9.17, 15) is 4.79 Å². The van der Waals surface area contributed by atoms with E-state index < -0.39 is 0 Å². The monoisotopic (exact) mass is 189 g/mol. The number of carbonyl (C=O) groups excluding carboxylic acids is 1. The van der Waals surface area contributed by atoms with Gasteiger partial charge in [-0.05, 0) is 36.9 Å². The van der Waals surface area contributed by atoms with Gasteiger partial charge in [0, 0.05) is 12.1 Å². The molecule has 1 aliphatic heterocycles. The number of benzene rings is 1. The van der Waals surface area contributed by atoms with E-state index in [0.29, 0.717) is 5.92 Å². The second-order valence-corrected chi connectivity index (χ2v) is 3.87. The molecule has 2 heteroatoms. The van der Waals surface area contributed by atoms with Crippen molar-refractivity contribution < 1.29 is 4.79 Å². The molecule has 2 nitrogen and oxygen atoms in total. The largest absolute Gasteiger partial charge is 0.316 e. The van der Waals surface area contributed by atoms with Crippen LogP contribution in [0.3, 0.4) is 0 Å². The van der Waals surface area contributed by atoms with Crippen molar-refractivity contribution in [1.29, 1.82) is 0 Å². The maximum atomic E-state index is 10.8. The van der Waals surface area contributed by atoms with Crippen molar-refractivity contribution >= 4 is 6.29 Å². The van der Waals surface area contributed by atoms with E-state index in [0.717, 1.165) is 30.5 Å². The smallest absolute Gasteiger partial charge is 0.150 e. The van der Waals surface area contributed by atoms with Gasteiger partial charge in [-0.25, -0.2) is 0 Å². The van der Waals surface area contributed by atoms with E-state index in [1.165, 1.54) is 12.0 Å². The van der Waals surface area contributed by atoms with Gasteiger partial charge in [0.25, 0.3) is 0 Å². The maximum Gasteiger partial charge on any atom is 0.150 e. The molecule has 1 aliphatic rings. The molecule has 1 aromatic rings. The lowest BCUT2D eigenvalue weighted by atomic mass is 9.92. The normalized spacial score (nSPS) is 21.1. The van der Waals surface area contributed by atoms with Gasteiger partial charge in [-0.2, -0.15) is 0 Å². The summed E-state index contributed by atoms with van der Waals surface area (Å²) in [4.78, 5) is 10.8. The molecule has 0 bridgehead atoms. The van der Waals surface area contributed by atoms with E-state index in [4.69, 9.17) is 0 Å². The molecule has 1 N–H and O–H groups in total. The quantitative estimate of drug-likeness (QED) is 0.720. The molecule has 0 radical (unpaired) electrons. The van der Waals surface area contributed by atoms with E-state index in [-0.39, 0.29) is 0 Å². The lowest BCUT2D eigenvalue weighted by Crippen LogP contribution is -2.09. The minimum atomic E-state index is 0.592. The van der Waals surface area contributed by atoms with Crippen molar-refractivity contribution in [2.24, 2.45) is 0 Å². The fourth-order valence-electron chi connectivity index (χ4n) is 2.16. The standard InChI is InChI=1S/C12H15NO/c1-9-11(8-14)3-2-4-12(9)10-5-6-13-7-10/h2-4,8,10,13H,5-7H2,1H3. The highest BCUT2D eigenvalue weighted by atomic mass is 16.1. The van der Waals surface area contributed by atoms with E-state index in [2.05, 4.69) is 11.4 Å². The summed E-state index contributed by atoms with van der Waals surface area (Å²) in [6.07, 6.45) is 2.13. The molecule has 74 valence electrons. The SMILES string of the molecule is Cc1c(C=O)cccc1C1CCNC1. The summed E-state index contributed by atoms with van der Waals surface area (Å²) in [5, 5.41) is 3.35. The molecule has 0 spiro atoms. The first-order chi connectivity index (χ1) is 6.83. The molecule has 0 aromatic heterocycles. The zero-order valence-corrected chi connectivity index (χ0v) is 8.42. The Balaban J connectivity index is 2.36. The number of aldehydes is 1. The zero-order valence-electron chi connectivity index (χ0n) is 8.42. The van der Waals surface area contributed by atoms with Gasteiger partial charge in [0.1, 0.15) is 6.29 Å². The first-order valence-electron chi connectivity index (χ1n) is 5.08. The summed E-state index contributed by atoms with van der Waals surface area (Å²) in [5.41, 5.74) is 3.31. The van der Waals surface area contributed by atoms with Crippen LogP contribution in [-0.2, 0) is 0 Å². The molecule has 1 aromatic carbocycles. The summed E-state index contributed by atoms with van der Waals surface area (Å²) in [6.45, 7) is 4.18. The topological polar surface area (TPSA) is 29.1 Å². The molecule has 0 saturated carbocycles. The Morgan fingerprint density at radius 3 is 3.00 bits per heavy atom. The zero-order chi connectivity index (χ0) is 9.97. The molecule has 0 amide bonds. The number of hydrogen-bond acceptors (Lipinski definition) is 2. The van der Waals surface area contributed by atoms with Crippen molar-refractivity contribution in [3.63, 3.8) is 0 Å². The molecule has 2 rings (SSSR count). The van der Waals surface area contributed by atoms with Gasteiger partial charge >= 0.3 is 0 Å². The molecular weight excluding hydrogens is 174 g/mol. The number of rotatable bonds is 2. The second-order valence-electron chi connectivity index (χ2n) is 3.87. The maximum absolute atomic E-state index is 10.8. The van der Waals surface area contributed by atoms with Crippen molar-refractivity contribution in [3.8, 4) is 0 Å². The van der Waals surface area contributed by atoms with Crippen molar-refractivity contribution in [3.05, 3.63) is 34.9 Å². The van der Waals surface area contributed by atoms with Gasteiger partial charge in [-0.1, -0.05) is 18.2 Å². The van der Waals surface area contributed by atoms with Crippen LogP contribution < -0.4 is 5.32 Å². The fraction of sp³-hybridized carbons (Fsp3) is 0.417. The summed E-state index contributed by atoms with van der Waals surface area (Å²) in [5.74, 6) is 0.592. The third kappa shape index (κ3) is 1.58. The second kappa shape index (κ2) is 3.93. The van der Waals surface area contributed by atoms with Crippen LogP contribution in [0.2, 0.25) is 0 Å². The molecular formula is C12H15NO. The summed E-state index contributed by atoms with van der Waals surface area (Å²) >= 11 is 0. The lowest BCUT2D eigenvalue weighted by Gasteiger charge is -2.13. The summed E-state index contributed by atoms with van der Waals surface area (Å²) in [6, 6.07) is 6.00. The van der Waals surface area contributed by atoms with Crippen LogP contribution in [0.5, 0.6) is 0 Å². The molecule has 1 atom stereocenters. The molecule has 1 unspecified atom stereocenters. The van der Waals surface area contributed by atoms with Gasteiger partial charge in [-0.3, -0.25) is 4.79 Å². The fourth-order valence-corrected chi connectivity index (χ4v) is 2.16. The Labute approximate surface area is 84.3 Å². The van der Waals surface area contributed by atoms with Crippen LogP contribution in [0.4, 0.5) is 0 Å². The van der Waals surface area contributed by atoms with Crippen molar-refractivity contribution in [2.75, 3.05) is 13.1 Å². The Hall–Kier alpha value is -1.15. The summed E-state index contributed by atoms with van der Waals surface area (Å²) in [7, 11) is 0. The van der Waals surface area contributed by atoms with Crippen LogP contribution >= 0.6 is 0 Å². The minimum absolute atomic E-state index is 0.592. The molecule has 1 saturated heterocycles. The number of nitrogens with one attached hydrogen (secondary N) is 1. The average Bonchev–Trinajstić information content (AvgIpc) is 2.71. The van der Waals surface area contributed by atoms with Gasteiger partial charge in [0.15, 0.2) is 0 Å². The van der Waals surface area contributed by atoms with Crippen LogP contribution in [0.1, 0.15) is 33.8 Å². The summed E-state index contributed by atoms with van der Waals surface area (Å²) < 4.78 is 0. The lowest BCUT2D eigenvalue weighted by molar-refractivity contribution is 0.112. The van der Waals surface area contributed by atoms with Gasteiger partial charge in [0.05, 0.1) is 0 Å². The predicted molar refractivity (Wildman–Crippen MR) is 56.8 cm³/mol. The van der Waals surface area contributed by atoms with Gasteiger partial charge in [0.2, 0.25) is 0 Å². The predicted octanol–water partition coefficient (Wildman–Crippen LogP) is 1.88. The highest BCUT2D eigenvalue weighted by molar-refractivity contribution is 5.77. The van der Waals surface area contributed by atoms with Crippen LogP contribution in [0.15, 0.2) is 18.2 Å². The van der Waals surface area contributed by atoms with Crippen molar-refractivity contribution in [1.82, 2.24) is 5.32 Å². The Bertz CT molecular complexity index is 340. The third-order valence-corrected chi connectivity index (χ3v) is 3.04. The van der Waals surface area contributed by atoms with E-state index in [1.807, 2.05) is 19.1 Å². The Morgan fingerprint density at radius 2 is 2.36 bits per heavy atom. The number of hydrogen-bond donors (Lipinski definition) is 1. The van der Waals surface area contributed by atoms with Crippen molar-refractivity contribution in [2.45, 2.75) is 19.3 Å². The van der Waals surface area contributed by atoms with Gasteiger partial charge in [-0.15, -0.1) is 0 Å². The number of carbonyl (C=O) groups is 1. The first kappa shape index (κ1) is 9.41. The van der Waals surface area contributed by atoms with E-state index in [1.54, 1.807) is 0 Å². The minimum Gasteiger partial charge on any atom is -0.316 e. The molecule has 1 heterocycles. The molecule has 1 fully saturated rings. The van der Waals surface area contributed by atoms with Gasteiger partial charge < -0.3 is 5.32 Å². The average molecular weight is 189 g/mol. The molecule has 0 aliphatic carbocycles. The third-order valence-electron chi connectivity index (χ3n) is 3.04. The highest BCUT2D eigenvalue weighted by Gasteiger charge is 2.18. The molecule has 14 heavy (non-hydrogen) atoms. The Morgan fingerprint density at radius 1 is 1.50 bits per heavy atom. The Kier molecular flexibility index (Phi) is 2.64. The highest BCUT2D eigenvalue weighted by Crippen LogP contribution is 2.26. The van der Waals surface area contributed by atoms with Crippen LogP contribution in [0, 0.1) is 6.92 Å². The van der Waals surface area contributed by atoms with Crippen LogP contribution in [0.25, 0.3) is 0 Å².